The van der Waals surface area contributed by atoms with E-state index in [0.717, 1.165) is 0 Å². The van der Waals surface area contributed by atoms with Gasteiger partial charge < -0.3 is 15.5 Å². The molecule has 2 aromatic rings. The van der Waals surface area contributed by atoms with Crippen LogP contribution in [0.2, 0.25) is 0 Å². The van der Waals surface area contributed by atoms with Gasteiger partial charge in [-0.25, -0.2) is 0 Å². The van der Waals surface area contributed by atoms with E-state index in [2.05, 4.69) is 5.32 Å². The van der Waals surface area contributed by atoms with Crippen molar-refractivity contribution in [3.05, 3.63) is 53.1 Å². The van der Waals surface area contributed by atoms with E-state index in [4.69, 9.17) is 0 Å². The quantitative estimate of drug-likeness (QED) is 0.724. The van der Waals surface area contributed by atoms with Gasteiger partial charge in [0.05, 0.1) is 0 Å². The van der Waals surface area contributed by atoms with Crippen LogP contribution >= 0.6 is 0 Å². The van der Waals surface area contributed by atoms with Crippen LogP contribution in [0.3, 0.4) is 0 Å². The molecule has 2 rings (SSSR count). The van der Waals surface area contributed by atoms with Crippen LogP contribution in [-0.4, -0.2) is 16.1 Å². The Bertz CT molecular complexity index is 635. The van der Waals surface area contributed by atoms with Gasteiger partial charge in [0, 0.05) is 11.3 Å². The van der Waals surface area contributed by atoms with Crippen LogP contribution in [0.25, 0.3) is 0 Å². The van der Waals surface area contributed by atoms with E-state index in [1.807, 2.05) is 0 Å². The van der Waals surface area contributed by atoms with Gasteiger partial charge in [-0.1, -0.05) is 0 Å². The molecule has 98 valence electrons. The van der Waals surface area contributed by atoms with Gasteiger partial charge in [-0.15, -0.1) is 0 Å². The summed E-state index contributed by atoms with van der Waals surface area (Å²) in [5.41, 5.74) is 2.43. The lowest BCUT2D eigenvalue weighted by molar-refractivity contribution is 0.102. The molecule has 19 heavy (non-hydrogen) atoms. The highest BCUT2D eigenvalue weighted by Gasteiger charge is 2.08. The highest BCUT2D eigenvalue weighted by atomic mass is 16.3. The van der Waals surface area contributed by atoms with E-state index in [0.29, 0.717) is 22.4 Å². The van der Waals surface area contributed by atoms with Gasteiger partial charge in [-0.05, 0) is 61.4 Å². The number of rotatable bonds is 2. The second-order valence-corrected chi connectivity index (χ2v) is 4.46. The Morgan fingerprint density at radius 1 is 0.947 bits per heavy atom. The fourth-order valence-electron chi connectivity index (χ4n) is 1.73. The number of carbonyl (C=O) groups is 1. The molecule has 0 saturated carbocycles. The number of anilines is 1. The first kappa shape index (κ1) is 13.0. The number of aryl methyl sites for hydroxylation is 2. The molecule has 0 spiro atoms. The molecule has 0 unspecified atom stereocenters. The van der Waals surface area contributed by atoms with Crippen LogP contribution in [0.1, 0.15) is 21.5 Å². The molecule has 0 radical (unpaired) electrons. The molecule has 4 heteroatoms. The van der Waals surface area contributed by atoms with E-state index in [1.54, 1.807) is 38.1 Å². The Morgan fingerprint density at radius 2 is 1.53 bits per heavy atom. The minimum absolute atomic E-state index is 0.164. The molecule has 0 aliphatic rings. The second kappa shape index (κ2) is 5.02. The Morgan fingerprint density at radius 3 is 2.11 bits per heavy atom. The summed E-state index contributed by atoms with van der Waals surface area (Å²) in [7, 11) is 0. The summed E-state index contributed by atoms with van der Waals surface area (Å²) < 4.78 is 0. The predicted octanol–water partition coefficient (Wildman–Crippen LogP) is 2.97. The van der Waals surface area contributed by atoms with Crippen molar-refractivity contribution in [2.45, 2.75) is 13.8 Å². The van der Waals surface area contributed by atoms with Crippen LogP contribution in [-0.2, 0) is 0 Å². The van der Waals surface area contributed by atoms with Gasteiger partial charge >= 0.3 is 0 Å². The molecule has 2 aromatic carbocycles. The Hall–Kier alpha value is -2.49. The zero-order valence-electron chi connectivity index (χ0n) is 10.8. The fraction of sp³-hybridized carbons (Fsp3) is 0.133. The maximum atomic E-state index is 12.0. The molecule has 0 fully saturated rings. The average Bonchev–Trinajstić information content (AvgIpc) is 2.37. The summed E-state index contributed by atoms with van der Waals surface area (Å²) in [4.78, 5) is 12.0. The van der Waals surface area contributed by atoms with Crippen molar-refractivity contribution in [1.82, 2.24) is 0 Å². The first-order valence-corrected chi connectivity index (χ1v) is 5.88. The normalized spacial score (nSPS) is 10.2. The largest absolute Gasteiger partial charge is 0.508 e. The van der Waals surface area contributed by atoms with E-state index in [-0.39, 0.29) is 17.4 Å². The maximum absolute atomic E-state index is 12.0. The number of hydrogen-bond acceptors (Lipinski definition) is 3. The van der Waals surface area contributed by atoms with Gasteiger partial charge in [-0.3, -0.25) is 4.79 Å². The molecule has 0 heterocycles. The minimum atomic E-state index is -0.256. The van der Waals surface area contributed by atoms with Crippen LogP contribution in [0.5, 0.6) is 11.5 Å². The third-order valence-electron chi connectivity index (χ3n) is 2.91. The molecule has 0 aliphatic heterocycles. The number of nitrogens with one attached hydrogen (secondary N) is 1. The third-order valence-corrected chi connectivity index (χ3v) is 2.91. The molecule has 3 N–H and O–H groups in total. The van der Waals surface area contributed by atoms with E-state index < -0.39 is 0 Å². The van der Waals surface area contributed by atoms with Crippen molar-refractivity contribution >= 4 is 11.6 Å². The molecule has 1 amide bonds. The van der Waals surface area contributed by atoms with Gasteiger partial charge in [0.2, 0.25) is 0 Å². The number of phenolic OH excluding ortho intramolecular Hbond substituents is 2. The Balaban J connectivity index is 2.20. The van der Waals surface area contributed by atoms with Crippen molar-refractivity contribution in [1.29, 1.82) is 0 Å². The van der Waals surface area contributed by atoms with Crippen LogP contribution < -0.4 is 5.32 Å². The number of hydrogen-bond donors (Lipinski definition) is 3. The van der Waals surface area contributed by atoms with Crippen molar-refractivity contribution < 1.29 is 15.0 Å². The van der Waals surface area contributed by atoms with Gasteiger partial charge in [0.15, 0.2) is 0 Å². The molecule has 0 atom stereocenters. The Labute approximate surface area is 111 Å². The highest BCUT2D eigenvalue weighted by molar-refractivity contribution is 6.04. The SMILES string of the molecule is Cc1cc(NC(=O)c2ccc(O)c(C)c2)ccc1O. The summed E-state index contributed by atoms with van der Waals surface area (Å²) in [6.07, 6.45) is 0. The van der Waals surface area contributed by atoms with E-state index >= 15 is 0 Å². The maximum Gasteiger partial charge on any atom is 0.255 e. The molecule has 0 aromatic heterocycles. The van der Waals surface area contributed by atoms with Crippen molar-refractivity contribution in [3.63, 3.8) is 0 Å². The van der Waals surface area contributed by atoms with Crippen molar-refractivity contribution in [3.8, 4) is 11.5 Å². The topological polar surface area (TPSA) is 69.6 Å². The van der Waals surface area contributed by atoms with Crippen molar-refractivity contribution in [2.24, 2.45) is 0 Å². The zero-order chi connectivity index (χ0) is 14.0. The third kappa shape index (κ3) is 2.85. The Kier molecular flexibility index (Phi) is 3.42. The monoisotopic (exact) mass is 257 g/mol. The highest BCUT2D eigenvalue weighted by Crippen LogP contribution is 2.21. The molecular weight excluding hydrogens is 242 g/mol. The van der Waals surface area contributed by atoms with Gasteiger partial charge in [-0.2, -0.15) is 0 Å². The minimum Gasteiger partial charge on any atom is -0.508 e. The van der Waals surface area contributed by atoms with Gasteiger partial charge in [0.1, 0.15) is 11.5 Å². The summed E-state index contributed by atoms with van der Waals surface area (Å²) in [6.45, 7) is 3.49. The first-order chi connectivity index (χ1) is 8.97. The van der Waals surface area contributed by atoms with Crippen LogP contribution in [0, 0.1) is 13.8 Å². The number of carbonyl (C=O) groups excluding carboxylic acids is 1. The van der Waals surface area contributed by atoms with Crippen molar-refractivity contribution in [2.75, 3.05) is 5.32 Å². The van der Waals surface area contributed by atoms with Gasteiger partial charge in [0.25, 0.3) is 5.91 Å². The first-order valence-electron chi connectivity index (χ1n) is 5.88. The lowest BCUT2D eigenvalue weighted by atomic mass is 10.1. The number of aromatic hydroxyl groups is 2. The zero-order valence-corrected chi connectivity index (χ0v) is 10.8. The standard InChI is InChI=1S/C15H15NO3/c1-9-7-11(3-5-13(9)17)15(19)16-12-4-6-14(18)10(2)8-12/h3-8,17-18H,1-2H3,(H,16,19). The fourth-order valence-corrected chi connectivity index (χ4v) is 1.73. The lowest BCUT2D eigenvalue weighted by Crippen LogP contribution is -2.12. The van der Waals surface area contributed by atoms with Crippen LogP contribution in [0.15, 0.2) is 36.4 Å². The summed E-state index contributed by atoms with van der Waals surface area (Å²) in [5.74, 6) is 0.101. The smallest absolute Gasteiger partial charge is 0.255 e. The summed E-state index contributed by atoms with van der Waals surface area (Å²) >= 11 is 0. The van der Waals surface area contributed by atoms with Crippen LogP contribution in [0.4, 0.5) is 5.69 Å². The molecule has 4 nitrogen and oxygen atoms in total. The second-order valence-electron chi connectivity index (χ2n) is 4.46. The summed E-state index contributed by atoms with van der Waals surface area (Å²) in [5, 5.41) is 21.6. The van der Waals surface area contributed by atoms with E-state index in [9.17, 15) is 15.0 Å². The average molecular weight is 257 g/mol. The van der Waals surface area contributed by atoms with E-state index in [1.165, 1.54) is 12.1 Å². The number of phenols is 2. The molecule has 0 aliphatic carbocycles. The summed E-state index contributed by atoms with van der Waals surface area (Å²) in [6, 6.07) is 9.54. The predicted molar refractivity (Wildman–Crippen MR) is 73.6 cm³/mol. The number of amides is 1. The molecule has 0 bridgehead atoms. The lowest BCUT2D eigenvalue weighted by Gasteiger charge is -2.08. The molecular formula is C15H15NO3. The number of benzene rings is 2. The molecule has 0 saturated heterocycles.